The highest BCUT2D eigenvalue weighted by Crippen LogP contribution is 2.48. The molecule has 0 saturated carbocycles. The number of fused-ring (bicyclic) bond motifs is 12. The van der Waals surface area contributed by atoms with Gasteiger partial charge in [-0.05, 0) is 206 Å². The standard InChI is InChI=1S/C39H25N3.C36H21N5.C31H18N4/c1-3-10-29(11-4-1)41(30-12-5-2-6-13-30)31-17-19-32(20-18-31)42-35-22-23-40-25-34(35)39-33-21-16-27-9-7-8-26-14-15-28(24-36(39)42)38(33)37(26)27;1-3-8-24(9-4-1)34-38-35(25-10-5-2-6-11-25)40-36(39-34)41-29-18-19-37-21-28(29)33-27-17-16-23-13-7-12-22-14-15-26(20-30(33)41)32(27)31(22)23;1-3-20-7-8-22-17-27-31(23-10-9-21(4-1)29(20)30(22)23)24-18-33-16-13-26(24)35(27)28-6-2-5-25(34-28)19-11-14-32-15-12-19/h1-25H;1-21H;1-18H. The lowest BCUT2D eigenvalue weighted by Gasteiger charge is -2.25. The van der Waals surface area contributed by atoms with E-state index in [0.29, 0.717) is 17.6 Å². The summed E-state index contributed by atoms with van der Waals surface area (Å²) >= 11 is 0. The Hall–Kier alpha value is -16.2. The molecule has 26 rings (SSSR count). The number of aromatic nitrogens is 11. The van der Waals surface area contributed by atoms with Gasteiger partial charge >= 0.3 is 0 Å². The highest BCUT2D eigenvalue weighted by Gasteiger charge is 2.26. The molecule has 0 fully saturated rings. The molecule has 118 heavy (non-hydrogen) atoms. The number of hydrogen-bond donors (Lipinski definition) is 0. The number of anilines is 3. The first kappa shape index (κ1) is 66.4. The van der Waals surface area contributed by atoms with Crippen LogP contribution < -0.4 is 4.90 Å². The van der Waals surface area contributed by atoms with E-state index in [1.54, 1.807) is 12.4 Å². The second kappa shape index (κ2) is 26.7. The molecular formula is C106H64N12. The fourth-order valence-corrected chi connectivity index (χ4v) is 18.7. The Balaban J connectivity index is 0.000000102. The number of para-hydroxylation sites is 2. The third-order valence-electron chi connectivity index (χ3n) is 23.7. The Morgan fingerprint density at radius 1 is 0.212 bits per heavy atom. The minimum Gasteiger partial charge on any atom is -0.311 e. The van der Waals surface area contributed by atoms with Gasteiger partial charge < -0.3 is 9.47 Å². The molecule has 9 aromatic heterocycles. The fraction of sp³-hybridized carbons (Fsp3) is 0. The molecule has 0 aliphatic heterocycles. The SMILES string of the molecule is c1cc(-c2ccncc2)nc(-n2c3ccncc3c3c4ccc5cccc6ccc(cc32)c4c65)c1.c1ccc(-c2nc(-c3ccccc3)nc(-n3c4ccncc4c4c5ccc6cccc7ccc(cc43)c5c76)n2)cc1.c1ccc(N(c2ccccc2)c2ccc(-n3c4ccncc4c4c5ccc6cccc7ccc(cc43)c5c76)cc2)cc1. The second-order valence-corrected chi connectivity index (χ2v) is 30.2. The summed E-state index contributed by atoms with van der Waals surface area (Å²) < 4.78 is 6.83. The summed E-state index contributed by atoms with van der Waals surface area (Å²) in [6.07, 6.45) is 15.2. The molecule has 9 heterocycles. The van der Waals surface area contributed by atoms with Gasteiger partial charge in [0.2, 0.25) is 5.95 Å². The third-order valence-corrected chi connectivity index (χ3v) is 23.7. The van der Waals surface area contributed by atoms with E-state index in [9.17, 15) is 0 Å². The van der Waals surface area contributed by atoms with Gasteiger partial charge in [0.15, 0.2) is 11.6 Å². The van der Waals surface area contributed by atoms with Gasteiger partial charge in [0.05, 0.1) is 38.8 Å². The van der Waals surface area contributed by atoms with Crippen molar-refractivity contribution in [2.45, 2.75) is 0 Å². The van der Waals surface area contributed by atoms with Crippen molar-refractivity contribution in [3.63, 3.8) is 0 Å². The summed E-state index contributed by atoms with van der Waals surface area (Å²) in [7, 11) is 0. The molecule has 0 amide bonds. The van der Waals surface area contributed by atoms with E-state index in [4.69, 9.17) is 19.9 Å². The molecule has 0 bridgehead atoms. The summed E-state index contributed by atoms with van der Waals surface area (Å²) in [5.74, 6) is 2.74. The summed E-state index contributed by atoms with van der Waals surface area (Å²) in [4.78, 5) is 40.2. The third kappa shape index (κ3) is 10.5. The number of rotatable bonds is 9. The zero-order chi connectivity index (χ0) is 77.5. The van der Waals surface area contributed by atoms with Crippen molar-refractivity contribution < 1.29 is 0 Å². The minimum atomic E-state index is 0.580. The van der Waals surface area contributed by atoms with Crippen LogP contribution in [-0.4, -0.2) is 53.6 Å². The first-order chi connectivity index (χ1) is 58.5. The van der Waals surface area contributed by atoms with Crippen molar-refractivity contribution in [1.82, 2.24) is 53.6 Å². The van der Waals surface area contributed by atoms with Crippen molar-refractivity contribution in [2.24, 2.45) is 0 Å². The minimum absolute atomic E-state index is 0.580. The molecule has 26 aromatic rings. The van der Waals surface area contributed by atoms with Crippen LogP contribution in [0.4, 0.5) is 17.1 Å². The van der Waals surface area contributed by atoms with E-state index in [-0.39, 0.29) is 0 Å². The molecule has 0 unspecified atom stereocenters. The van der Waals surface area contributed by atoms with E-state index >= 15 is 0 Å². The Morgan fingerprint density at radius 3 is 1.03 bits per heavy atom. The van der Waals surface area contributed by atoms with Crippen LogP contribution in [0.1, 0.15) is 0 Å². The Kier molecular flexibility index (Phi) is 15.1. The van der Waals surface area contributed by atoms with Crippen molar-refractivity contribution in [2.75, 3.05) is 4.90 Å². The van der Waals surface area contributed by atoms with E-state index < -0.39 is 0 Å². The first-order valence-electron chi connectivity index (χ1n) is 39.7. The van der Waals surface area contributed by atoms with Gasteiger partial charge in [-0.1, -0.05) is 231 Å². The van der Waals surface area contributed by atoms with Crippen LogP contribution in [0.5, 0.6) is 0 Å². The lowest BCUT2D eigenvalue weighted by atomic mass is 9.92. The quantitative estimate of drug-likeness (QED) is 0.130. The summed E-state index contributed by atoms with van der Waals surface area (Å²) in [5.41, 5.74) is 15.0. The van der Waals surface area contributed by atoms with E-state index in [1.165, 1.54) is 119 Å². The van der Waals surface area contributed by atoms with Crippen LogP contribution >= 0.6 is 0 Å². The molecular weight excluding hydrogens is 1440 g/mol. The number of benzene rings is 17. The molecule has 12 nitrogen and oxygen atoms in total. The molecule has 0 saturated heterocycles. The van der Waals surface area contributed by atoms with Gasteiger partial charge in [0.25, 0.3) is 0 Å². The fourth-order valence-electron chi connectivity index (χ4n) is 18.7. The maximum atomic E-state index is 5.08. The maximum absolute atomic E-state index is 5.08. The predicted molar refractivity (Wildman–Crippen MR) is 487 cm³/mol. The lowest BCUT2D eigenvalue weighted by molar-refractivity contribution is 0.953. The predicted octanol–water partition coefficient (Wildman–Crippen LogP) is 26.7. The second-order valence-electron chi connectivity index (χ2n) is 30.2. The van der Waals surface area contributed by atoms with Crippen LogP contribution in [0, 0.1) is 0 Å². The smallest absolute Gasteiger partial charge is 0.238 e. The average molecular weight is 1510 g/mol. The summed E-state index contributed by atoms with van der Waals surface area (Å²) in [6, 6.07) is 120. The van der Waals surface area contributed by atoms with Gasteiger partial charge in [-0.25, -0.2) is 9.97 Å². The van der Waals surface area contributed by atoms with Gasteiger partial charge in [-0.3, -0.25) is 29.1 Å². The number of nitrogens with zero attached hydrogens (tertiary/aromatic N) is 12. The Morgan fingerprint density at radius 2 is 0.576 bits per heavy atom. The largest absolute Gasteiger partial charge is 0.311 e. The zero-order valence-corrected chi connectivity index (χ0v) is 63.3. The molecule has 0 radical (unpaired) electrons. The molecule has 0 N–H and O–H groups in total. The lowest BCUT2D eigenvalue weighted by Crippen LogP contribution is -2.09. The number of pyridine rings is 5. The van der Waals surface area contributed by atoms with E-state index in [1.807, 2.05) is 116 Å². The zero-order valence-electron chi connectivity index (χ0n) is 63.3. The van der Waals surface area contributed by atoms with Gasteiger partial charge in [0.1, 0.15) is 5.82 Å². The van der Waals surface area contributed by atoms with Crippen LogP contribution in [-0.2, 0) is 0 Å². The molecule has 0 atom stereocenters. The first-order valence-corrected chi connectivity index (χ1v) is 39.7. The van der Waals surface area contributed by atoms with Gasteiger partial charge in [-0.2, -0.15) is 9.97 Å². The normalized spacial score (nSPS) is 11.9. The highest BCUT2D eigenvalue weighted by atomic mass is 15.2. The van der Waals surface area contributed by atoms with Crippen molar-refractivity contribution in [3.8, 4) is 51.5 Å². The van der Waals surface area contributed by atoms with E-state index in [2.05, 4.69) is 299 Å². The summed E-state index contributed by atoms with van der Waals surface area (Å²) in [5, 5.41) is 29.9. The Bertz CT molecular complexity index is 8280. The molecule has 548 valence electrons. The molecule has 0 aliphatic rings. The van der Waals surface area contributed by atoms with E-state index in [0.717, 1.165) is 94.7 Å². The molecule has 17 aromatic carbocycles. The van der Waals surface area contributed by atoms with Gasteiger partial charge in [0, 0.05) is 121 Å². The highest BCUT2D eigenvalue weighted by molar-refractivity contribution is 6.36. The van der Waals surface area contributed by atoms with Crippen LogP contribution in [0.15, 0.2) is 389 Å². The molecule has 0 spiro atoms. The number of hydrogen-bond acceptors (Lipinski definition) is 9. The molecule has 0 aliphatic carbocycles. The topological polar surface area (TPSA) is 121 Å². The van der Waals surface area contributed by atoms with Crippen LogP contribution in [0.2, 0.25) is 0 Å². The van der Waals surface area contributed by atoms with Crippen molar-refractivity contribution in [1.29, 1.82) is 0 Å². The Labute approximate surface area is 674 Å². The summed E-state index contributed by atoms with van der Waals surface area (Å²) in [6.45, 7) is 0. The molecule has 12 heteroatoms. The van der Waals surface area contributed by atoms with Crippen LogP contribution in [0.25, 0.3) is 214 Å². The monoisotopic (exact) mass is 1500 g/mol. The maximum Gasteiger partial charge on any atom is 0.238 e. The van der Waals surface area contributed by atoms with Crippen LogP contribution in [0.3, 0.4) is 0 Å². The van der Waals surface area contributed by atoms with Gasteiger partial charge in [-0.15, -0.1) is 0 Å². The van der Waals surface area contributed by atoms with Crippen molar-refractivity contribution >= 4 is 179 Å². The average Bonchev–Trinajstić information content (AvgIpc) is 1.50. The van der Waals surface area contributed by atoms with Crippen molar-refractivity contribution in [3.05, 3.63) is 389 Å².